The van der Waals surface area contributed by atoms with Gasteiger partial charge in [-0.2, -0.15) is 5.10 Å². The largest absolute Gasteiger partial charge is 0.293 e. The molecule has 4 rings (SSSR count). The molecule has 0 aliphatic carbocycles. The summed E-state index contributed by atoms with van der Waals surface area (Å²) < 4.78 is 0. The van der Waals surface area contributed by atoms with Gasteiger partial charge in [-0.3, -0.25) is 29.5 Å². The number of nitro groups is 1. The van der Waals surface area contributed by atoms with Gasteiger partial charge in [0.2, 0.25) is 5.91 Å². The molecule has 0 bridgehead atoms. The van der Waals surface area contributed by atoms with E-state index in [1.165, 1.54) is 36.2 Å². The predicted molar refractivity (Wildman–Crippen MR) is 105 cm³/mol. The number of carbonyl (C=O) groups is 3. The molecule has 0 radical (unpaired) electrons. The maximum atomic E-state index is 13.2. The predicted octanol–water partition coefficient (Wildman–Crippen LogP) is 2.57. The van der Waals surface area contributed by atoms with Gasteiger partial charge in [0.15, 0.2) is 5.78 Å². The van der Waals surface area contributed by atoms with E-state index in [1.807, 2.05) is 0 Å². The van der Waals surface area contributed by atoms with Crippen LogP contribution in [0.25, 0.3) is 0 Å². The second kappa shape index (κ2) is 6.78. The van der Waals surface area contributed by atoms with Gasteiger partial charge in [-0.15, -0.1) is 0 Å². The van der Waals surface area contributed by atoms with Crippen LogP contribution in [-0.2, 0) is 14.4 Å². The molecule has 2 aromatic carbocycles. The van der Waals surface area contributed by atoms with Gasteiger partial charge in [0.05, 0.1) is 10.6 Å². The highest BCUT2D eigenvalue weighted by atomic mass is 35.5. The number of halogens is 1. The Morgan fingerprint density at radius 3 is 2.52 bits per heavy atom. The Morgan fingerprint density at radius 1 is 1.14 bits per heavy atom. The number of benzene rings is 2. The number of carbonyl (C=O) groups excluding carboxylic acids is 3. The maximum Gasteiger partial charge on any atom is 0.293 e. The van der Waals surface area contributed by atoms with E-state index in [4.69, 9.17) is 11.6 Å². The summed E-state index contributed by atoms with van der Waals surface area (Å²) in [4.78, 5) is 50.0. The van der Waals surface area contributed by atoms with E-state index in [0.29, 0.717) is 10.7 Å². The van der Waals surface area contributed by atoms with Gasteiger partial charge in [-0.1, -0.05) is 29.8 Å². The molecular formula is C19H13ClN4O5. The first-order valence-electron chi connectivity index (χ1n) is 8.56. The van der Waals surface area contributed by atoms with Gasteiger partial charge >= 0.3 is 0 Å². The molecule has 2 amide bonds. The smallest absolute Gasteiger partial charge is 0.293 e. The molecule has 0 saturated carbocycles. The number of hydrazone groups is 1. The third kappa shape index (κ3) is 2.87. The molecule has 0 N–H and O–H groups in total. The average molecular weight is 413 g/mol. The second-order valence-electron chi connectivity index (χ2n) is 6.55. The van der Waals surface area contributed by atoms with Crippen molar-refractivity contribution in [3.63, 3.8) is 0 Å². The molecule has 1 saturated heterocycles. The third-order valence-electron chi connectivity index (χ3n) is 4.80. The van der Waals surface area contributed by atoms with E-state index in [1.54, 1.807) is 24.3 Å². The molecule has 2 aliphatic rings. The summed E-state index contributed by atoms with van der Waals surface area (Å²) in [7, 11) is 0. The quantitative estimate of drug-likeness (QED) is 0.433. The van der Waals surface area contributed by atoms with Crippen LogP contribution >= 0.6 is 11.6 Å². The van der Waals surface area contributed by atoms with Gasteiger partial charge in [-0.25, -0.2) is 4.90 Å². The Labute approximate surface area is 169 Å². The van der Waals surface area contributed by atoms with Gasteiger partial charge in [0.1, 0.15) is 23.4 Å². The molecule has 2 heterocycles. The van der Waals surface area contributed by atoms with Crippen LogP contribution in [0.3, 0.4) is 0 Å². The number of Topliss-reactive ketones (excluding diaryl/α,β-unsaturated/α-hetero) is 1. The van der Waals surface area contributed by atoms with Crippen molar-refractivity contribution in [3.8, 4) is 0 Å². The number of anilines is 2. The summed E-state index contributed by atoms with van der Waals surface area (Å²) >= 11 is 6.03. The van der Waals surface area contributed by atoms with Crippen LogP contribution in [0.2, 0.25) is 5.02 Å². The van der Waals surface area contributed by atoms with E-state index in [9.17, 15) is 24.5 Å². The molecule has 29 heavy (non-hydrogen) atoms. The molecule has 1 fully saturated rings. The third-order valence-corrected chi connectivity index (χ3v) is 5.04. The highest BCUT2D eigenvalue weighted by Crippen LogP contribution is 2.40. The van der Waals surface area contributed by atoms with Crippen LogP contribution in [0.5, 0.6) is 0 Å². The molecule has 146 valence electrons. The lowest BCUT2D eigenvalue weighted by Gasteiger charge is -2.22. The van der Waals surface area contributed by atoms with Crippen molar-refractivity contribution in [3.05, 3.63) is 63.7 Å². The van der Waals surface area contributed by atoms with E-state index >= 15 is 0 Å². The fourth-order valence-electron chi connectivity index (χ4n) is 3.58. The Hall–Kier alpha value is -3.59. The fraction of sp³-hybridized carbons (Fsp3) is 0.158. The molecule has 2 atom stereocenters. The van der Waals surface area contributed by atoms with Crippen molar-refractivity contribution in [2.75, 3.05) is 9.91 Å². The number of para-hydroxylation sites is 2. The van der Waals surface area contributed by atoms with Gasteiger partial charge in [0, 0.05) is 18.0 Å². The average Bonchev–Trinajstić information content (AvgIpc) is 3.19. The first kappa shape index (κ1) is 18.8. The van der Waals surface area contributed by atoms with Crippen LogP contribution < -0.4 is 9.91 Å². The number of ketones is 1. The number of nitrogens with zero attached hydrogens (tertiary/aromatic N) is 4. The zero-order valence-corrected chi connectivity index (χ0v) is 15.7. The lowest BCUT2D eigenvalue weighted by molar-refractivity contribution is -0.384. The highest BCUT2D eigenvalue weighted by molar-refractivity contribution is 6.49. The second-order valence-corrected chi connectivity index (χ2v) is 6.98. The van der Waals surface area contributed by atoms with E-state index in [-0.39, 0.29) is 17.1 Å². The Kier molecular flexibility index (Phi) is 4.39. The van der Waals surface area contributed by atoms with Gasteiger partial charge in [-0.05, 0) is 24.3 Å². The minimum atomic E-state index is -1.15. The number of imide groups is 1. The van der Waals surface area contributed by atoms with Gasteiger partial charge in [0.25, 0.3) is 11.6 Å². The van der Waals surface area contributed by atoms with Crippen LogP contribution in [-0.4, -0.2) is 34.3 Å². The minimum absolute atomic E-state index is 0.0746. The topological polar surface area (TPSA) is 113 Å². The van der Waals surface area contributed by atoms with Crippen molar-refractivity contribution in [2.45, 2.75) is 13.0 Å². The summed E-state index contributed by atoms with van der Waals surface area (Å²) in [6.07, 6.45) is 0. The molecular weight excluding hydrogens is 400 g/mol. The molecule has 0 unspecified atom stereocenters. The van der Waals surface area contributed by atoms with Crippen LogP contribution in [0, 0.1) is 16.0 Å². The normalized spacial score (nSPS) is 20.7. The monoisotopic (exact) mass is 412 g/mol. The Balaban J connectivity index is 1.84. The first-order chi connectivity index (χ1) is 13.8. The number of fused-ring (bicyclic) bond motifs is 1. The summed E-state index contributed by atoms with van der Waals surface area (Å²) in [5.74, 6) is -3.05. The summed E-state index contributed by atoms with van der Waals surface area (Å²) in [6, 6.07) is 10.8. The summed E-state index contributed by atoms with van der Waals surface area (Å²) in [6.45, 7) is 1.25. The lowest BCUT2D eigenvalue weighted by atomic mass is 9.95. The Bertz CT molecular complexity index is 1120. The number of rotatable bonds is 4. The molecule has 2 aromatic rings. The van der Waals surface area contributed by atoms with Crippen molar-refractivity contribution in [1.29, 1.82) is 0 Å². The summed E-state index contributed by atoms with van der Waals surface area (Å²) in [5, 5.41) is 17.3. The van der Waals surface area contributed by atoms with Gasteiger partial charge < -0.3 is 0 Å². The lowest BCUT2D eigenvalue weighted by Crippen LogP contribution is -2.39. The number of amides is 2. The van der Waals surface area contributed by atoms with E-state index < -0.39 is 34.5 Å². The van der Waals surface area contributed by atoms with Crippen molar-refractivity contribution >= 4 is 52.0 Å². The molecule has 2 aliphatic heterocycles. The maximum absolute atomic E-state index is 13.2. The first-order valence-corrected chi connectivity index (χ1v) is 8.94. The van der Waals surface area contributed by atoms with Crippen molar-refractivity contribution < 1.29 is 19.3 Å². The van der Waals surface area contributed by atoms with Crippen LogP contribution in [0.15, 0.2) is 53.6 Å². The molecule has 9 nitrogen and oxygen atoms in total. The number of hydrogen-bond donors (Lipinski definition) is 0. The Morgan fingerprint density at radius 2 is 1.86 bits per heavy atom. The number of nitro benzene ring substituents is 1. The molecule has 10 heteroatoms. The zero-order valence-electron chi connectivity index (χ0n) is 15.0. The van der Waals surface area contributed by atoms with E-state index in [0.717, 1.165) is 4.90 Å². The summed E-state index contributed by atoms with van der Waals surface area (Å²) in [5.41, 5.74) is -0.177. The van der Waals surface area contributed by atoms with E-state index in [2.05, 4.69) is 5.10 Å². The SMILES string of the molecule is CC(=O)C1=NN(c2cccc(Cl)c2)[C@@H]2C(=O)N(c3ccccc3[N+](=O)[O-])C(=O)[C@@H]12. The number of hydrogen-bond acceptors (Lipinski definition) is 7. The highest BCUT2D eigenvalue weighted by Gasteiger charge is 2.58. The molecule has 0 aromatic heterocycles. The molecule has 0 spiro atoms. The van der Waals surface area contributed by atoms with Crippen molar-refractivity contribution in [1.82, 2.24) is 0 Å². The van der Waals surface area contributed by atoms with Crippen molar-refractivity contribution in [2.24, 2.45) is 11.0 Å². The van der Waals surface area contributed by atoms with Crippen LogP contribution in [0.4, 0.5) is 17.1 Å². The fourth-order valence-corrected chi connectivity index (χ4v) is 3.77. The standard InChI is InChI=1S/C19H13ClN4O5/c1-10(25)16-15-17(23(21-16)12-6-4-5-11(20)9-12)19(27)22(18(15)26)13-7-2-3-8-14(13)24(28)29/h2-9,15,17H,1H3/t15-,17-/m0/s1. The minimum Gasteiger partial charge on any atom is -0.293 e. The van der Waals surface area contributed by atoms with Crippen LogP contribution in [0.1, 0.15) is 6.92 Å². The zero-order chi connectivity index (χ0) is 20.9.